The highest BCUT2D eigenvalue weighted by Gasteiger charge is 2.21. The third kappa shape index (κ3) is 4.73. The monoisotopic (exact) mass is 678 g/mol. The summed E-state index contributed by atoms with van der Waals surface area (Å²) in [6.45, 7) is 0. The zero-order valence-electron chi connectivity index (χ0n) is 28.5. The lowest BCUT2D eigenvalue weighted by Crippen LogP contribution is -2.10. The molecule has 2 aromatic heterocycles. The van der Waals surface area contributed by atoms with Crippen LogP contribution in [0.3, 0.4) is 0 Å². The summed E-state index contributed by atoms with van der Waals surface area (Å²) in [5.41, 5.74) is 9.67. The summed E-state index contributed by atoms with van der Waals surface area (Å²) in [5.74, 6) is 0.581. The van der Waals surface area contributed by atoms with Crippen molar-refractivity contribution in [2.24, 2.45) is 0 Å². The first-order valence-electron chi connectivity index (χ1n) is 17.9. The molecule has 0 atom stereocenters. The van der Waals surface area contributed by atoms with Crippen molar-refractivity contribution in [1.82, 2.24) is 4.98 Å². The van der Waals surface area contributed by atoms with Gasteiger partial charge >= 0.3 is 0 Å². The van der Waals surface area contributed by atoms with E-state index in [0.29, 0.717) is 5.89 Å². The first-order chi connectivity index (χ1) is 26.3. The molecule has 0 radical (unpaired) electrons. The number of rotatable bonds is 5. The first kappa shape index (κ1) is 29.5. The molecule has 2 heterocycles. The molecular weight excluding hydrogens is 649 g/mol. The van der Waals surface area contributed by atoms with Gasteiger partial charge in [-0.15, -0.1) is 0 Å². The van der Waals surface area contributed by atoms with Crippen LogP contribution in [0.2, 0.25) is 0 Å². The van der Waals surface area contributed by atoms with Gasteiger partial charge in [0, 0.05) is 44.5 Å². The Hall–Kier alpha value is -7.17. The summed E-state index contributed by atoms with van der Waals surface area (Å²) in [4.78, 5) is 7.36. The number of furan rings is 1. The molecule has 9 aromatic carbocycles. The zero-order valence-corrected chi connectivity index (χ0v) is 28.5. The van der Waals surface area contributed by atoms with E-state index < -0.39 is 0 Å². The maximum atomic E-state index is 6.63. The van der Waals surface area contributed by atoms with E-state index in [1.165, 1.54) is 32.7 Å². The van der Waals surface area contributed by atoms with Gasteiger partial charge in [-0.3, -0.25) is 0 Å². The van der Waals surface area contributed by atoms with Crippen LogP contribution < -0.4 is 4.90 Å². The van der Waals surface area contributed by atoms with Gasteiger partial charge in [-0.1, -0.05) is 127 Å². The highest BCUT2D eigenvalue weighted by atomic mass is 16.3. The largest absolute Gasteiger partial charge is 0.456 e. The van der Waals surface area contributed by atoms with Crippen LogP contribution >= 0.6 is 0 Å². The van der Waals surface area contributed by atoms with Crippen LogP contribution in [-0.2, 0) is 0 Å². The van der Waals surface area contributed by atoms with Crippen LogP contribution in [0.25, 0.3) is 87.9 Å². The van der Waals surface area contributed by atoms with E-state index in [4.69, 9.17) is 13.8 Å². The number of hydrogen-bond acceptors (Lipinski definition) is 4. The number of oxazole rings is 1. The Kier molecular flexibility index (Phi) is 6.52. The molecule has 0 aliphatic rings. The molecule has 53 heavy (non-hydrogen) atoms. The molecule has 4 heteroatoms. The number of aromatic nitrogens is 1. The molecule has 0 aliphatic heterocycles. The maximum absolute atomic E-state index is 6.63. The smallest absolute Gasteiger partial charge is 0.228 e. The highest BCUT2D eigenvalue weighted by molar-refractivity contribution is 6.13. The molecule has 0 aliphatic carbocycles. The molecule has 248 valence electrons. The van der Waals surface area contributed by atoms with Crippen LogP contribution in [0.15, 0.2) is 191 Å². The fourth-order valence-electron chi connectivity index (χ4n) is 8.01. The van der Waals surface area contributed by atoms with Crippen LogP contribution in [0, 0.1) is 0 Å². The van der Waals surface area contributed by atoms with Crippen molar-refractivity contribution in [1.29, 1.82) is 0 Å². The number of nitrogens with zero attached hydrogens (tertiary/aromatic N) is 2. The lowest BCUT2D eigenvalue weighted by Gasteiger charge is -2.27. The minimum absolute atomic E-state index is 0.581. The average molecular weight is 679 g/mol. The Balaban J connectivity index is 1.07. The minimum Gasteiger partial charge on any atom is -0.456 e. The Morgan fingerprint density at radius 2 is 1.04 bits per heavy atom. The van der Waals surface area contributed by atoms with E-state index in [0.717, 1.165) is 66.4 Å². The Bertz CT molecular complexity index is 3180. The van der Waals surface area contributed by atoms with Crippen LogP contribution in [0.5, 0.6) is 0 Å². The van der Waals surface area contributed by atoms with Gasteiger partial charge in [0.25, 0.3) is 0 Å². The third-order valence-corrected chi connectivity index (χ3v) is 10.5. The maximum Gasteiger partial charge on any atom is 0.228 e. The summed E-state index contributed by atoms with van der Waals surface area (Å²) in [5, 5.41) is 9.04. The van der Waals surface area contributed by atoms with Crippen molar-refractivity contribution in [2.45, 2.75) is 0 Å². The third-order valence-electron chi connectivity index (χ3n) is 10.5. The predicted octanol–water partition coefficient (Wildman–Crippen LogP) is 14.0. The quantitative estimate of drug-likeness (QED) is 0.182. The summed E-state index contributed by atoms with van der Waals surface area (Å²) in [7, 11) is 0. The fraction of sp³-hybridized carbons (Fsp3) is 0. The van der Waals surface area contributed by atoms with E-state index >= 15 is 0 Å². The molecule has 4 nitrogen and oxygen atoms in total. The predicted molar refractivity (Wildman–Crippen MR) is 219 cm³/mol. The molecule has 0 fully saturated rings. The van der Waals surface area contributed by atoms with Crippen LogP contribution in [0.4, 0.5) is 17.1 Å². The van der Waals surface area contributed by atoms with Crippen molar-refractivity contribution < 1.29 is 8.83 Å². The van der Waals surface area contributed by atoms with Crippen molar-refractivity contribution in [3.63, 3.8) is 0 Å². The molecule has 11 aromatic rings. The van der Waals surface area contributed by atoms with Crippen LogP contribution in [0.1, 0.15) is 0 Å². The Labute approximate surface area is 304 Å². The second kappa shape index (κ2) is 11.7. The molecule has 0 N–H and O–H groups in total. The van der Waals surface area contributed by atoms with Gasteiger partial charge in [0.15, 0.2) is 5.58 Å². The van der Waals surface area contributed by atoms with Crippen molar-refractivity contribution in [2.75, 3.05) is 4.90 Å². The summed E-state index contributed by atoms with van der Waals surface area (Å²) < 4.78 is 13.0. The van der Waals surface area contributed by atoms with Gasteiger partial charge in [-0.25, -0.2) is 4.98 Å². The molecule has 0 spiro atoms. The molecule has 0 saturated heterocycles. The molecule has 11 rings (SSSR count). The second-order valence-electron chi connectivity index (χ2n) is 13.5. The highest BCUT2D eigenvalue weighted by Crippen LogP contribution is 2.44. The second-order valence-corrected chi connectivity index (χ2v) is 13.5. The molecule has 0 saturated carbocycles. The van der Waals surface area contributed by atoms with Gasteiger partial charge in [0.1, 0.15) is 16.7 Å². The van der Waals surface area contributed by atoms with Crippen molar-refractivity contribution in [3.05, 3.63) is 182 Å². The fourth-order valence-corrected chi connectivity index (χ4v) is 8.01. The van der Waals surface area contributed by atoms with E-state index in [-0.39, 0.29) is 0 Å². The summed E-state index contributed by atoms with van der Waals surface area (Å²) in [6.07, 6.45) is 0. The molecule has 0 bridgehead atoms. The van der Waals surface area contributed by atoms with E-state index in [1.807, 2.05) is 30.3 Å². The van der Waals surface area contributed by atoms with E-state index in [2.05, 4.69) is 157 Å². The topological polar surface area (TPSA) is 42.4 Å². The van der Waals surface area contributed by atoms with E-state index in [9.17, 15) is 0 Å². The number of anilines is 3. The van der Waals surface area contributed by atoms with Gasteiger partial charge in [-0.2, -0.15) is 0 Å². The SMILES string of the molecule is c1ccc2c(-c3ccc(N(c4ccc5c(c4)oc4cccc(-c6nc7c(ccc8ccccc87)o6)c45)c4cccc5ccccc45)cc3)cccc2c1. The summed E-state index contributed by atoms with van der Waals surface area (Å²) in [6, 6.07) is 64.0. The molecule has 0 amide bonds. The normalized spacial score (nSPS) is 11.8. The van der Waals surface area contributed by atoms with Gasteiger partial charge in [0.05, 0.1) is 5.69 Å². The number of benzene rings is 9. The molecule has 0 unspecified atom stereocenters. The van der Waals surface area contributed by atoms with E-state index in [1.54, 1.807) is 0 Å². The van der Waals surface area contributed by atoms with Crippen molar-refractivity contribution in [3.8, 4) is 22.6 Å². The van der Waals surface area contributed by atoms with Crippen molar-refractivity contribution >= 4 is 82.4 Å². The number of hydrogen-bond donors (Lipinski definition) is 0. The lowest BCUT2D eigenvalue weighted by atomic mass is 9.98. The van der Waals surface area contributed by atoms with Gasteiger partial charge < -0.3 is 13.7 Å². The average Bonchev–Trinajstić information content (AvgIpc) is 3.83. The summed E-state index contributed by atoms with van der Waals surface area (Å²) >= 11 is 0. The molecular formula is C49H30N2O2. The first-order valence-corrected chi connectivity index (χ1v) is 17.9. The lowest BCUT2D eigenvalue weighted by molar-refractivity contribution is 0.620. The van der Waals surface area contributed by atoms with Gasteiger partial charge in [-0.05, 0) is 81.2 Å². The Morgan fingerprint density at radius 1 is 0.396 bits per heavy atom. The standard InChI is InChI=1S/C49H30N2O2/c1-4-15-37-31(10-1)13-7-18-38(37)34-22-25-35(26-23-34)51(43-20-8-14-32-11-2-5-16-39(32)43)36-27-28-41-46(30-36)52-44-21-9-19-42(47(41)44)49-50-48-40-17-6-3-12-33(40)24-29-45(48)53-49/h1-30H. The zero-order chi connectivity index (χ0) is 34.9. The van der Waals surface area contributed by atoms with Crippen LogP contribution in [-0.4, -0.2) is 4.98 Å². The van der Waals surface area contributed by atoms with Gasteiger partial charge in [0.2, 0.25) is 5.89 Å². The Morgan fingerprint density at radius 3 is 1.87 bits per heavy atom. The number of fused-ring (bicyclic) bond motifs is 8. The minimum atomic E-state index is 0.581.